The molecule has 1 aliphatic rings. The van der Waals surface area contributed by atoms with Gasteiger partial charge < -0.3 is 15.5 Å². The minimum absolute atomic E-state index is 0.381. The minimum Gasteiger partial charge on any atom is -0.323 e. The number of hydrogen-bond donors (Lipinski definition) is 1. The highest BCUT2D eigenvalue weighted by molar-refractivity contribution is 5.22. The number of likely N-dealkylation sites (N-methyl/N-ethyl adjacent to an activating group) is 1. The second-order valence-corrected chi connectivity index (χ2v) is 5.75. The average Bonchev–Trinajstić information content (AvgIpc) is 2.39. The second-order valence-electron chi connectivity index (χ2n) is 5.75. The Hall–Kier alpha value is -1.04. The summed E-state index contributed by atoms with van der Waals surface area (Å²) in [5, 5.41) is 0. The maximum absolute atomic E-state index is 13.7. The van der Waals surface area contributed by atoms with Gasteiger partial charge in [-0.2, -0.15) is 0 Å². The largest absolute Gasteiger partial charge is 0.323 e. The number of likely N-dealkylation sites (tertiary alicyclic amines) is 1. The standard InChI is InChI=1S/C15H23F2N3/c1-19-7-5-12(6-8-19)20(2)10-15(18)13-4-3-11(16)9-14(13)17/h3-4,9,12,15H,5-8,10,18H2,1-2H3. The average molecular weight is 283 g/mol. The predicted octanol–water partition coefficient (Wildman–Crippen LogP) is 1.99. The van der Waals surface area contributed by atoms with Crippen molar-refractivity contribution in [3.8, 4) is 0 Å². The van der Waals surface area contributed by atoms with Crippen LogP contribution in [0.25, 0.3) is 0 Å². The van der Waals surface area contributed by atoms with Crippen LogP contribution in [-0.2, 0) is 0 Å². The van der Waals surface area contributed by atoms with Crippen LogP contribution in [0.4, 0.5) is 8.78 Å². The predicted molar refractivity (Wildman–Crippen MR) is 76.4 cm³/mol. The van der Waals surface area contributed by atoms with E-state index in [4.69, 9.17) is 5.73 Å². The van der Waals surface area contributed by atoms with Crippen molar-refractivity contribution in [3.63, 3.8) is 0 Å². The molecule has 0 amide bonds. The number of nitrogens with zero attached hydrogens (tertiary/aromatic N) is 2. The zero-order valence-corrected chi connectivity index (χ0v) is 12.1. The molecule has 0 saturated carbocycles. The number of piperidine rings is 1. The zero-order valence-electron chi connectivity index (χ0n) is 12.1. The third kappa shape index (κ3) is 3.75. The van der Waals surface area contributed by atoms with E-state index in [0.29, 0.717) is 18.2 Å². The van der Waals surface area contributed by atoms with Crippen LogP contribution in [0.2, 0.25) is 0 Å². The fourth-order valence-corrected chi connectivity index (χ4v) is 2.80. The number of nitrogens with two attached hydrogens (primary N) is 1. The van der Waals surface area contributed by atoms with Gasteiger partial charge in [0.2, 0.25) is 0 Å². The molecular formula is C15H23F2N3. The van der Waals surface area contributed by atoms with E-state index in [0.717, 1.165) is 32.0 Å². The van der Waals surface area contributed by atoms with Gasteiger partial charge in [0.25, 0.3) is 0 Å². The van der Waals surface area contributed by atoms with E-state index in [2.05, 4.69) is 16.8 Å². The summed E-state index contributed by atoms with van der Waals surface area (Å²) in [7, 11) is 4.15. The summed E-state index contributed by atoms with van der Waals surface area (Å²) in [4.78, 5) is 4.50. The summed E-state index contributed by atoms with van der Waals surface area (Å²) in [6.45, 7) is 2.74. The fraction of sp³-hybridized carbons (Fsp3) is 0.600. The molecule has 1 heterocycles. The molecule has 20 heavy (non-hydrogen) atoms. The lowest BCUT2D eigenvalue weighted by Crippen LogP contribution is -2.44. The molecule has 1 saturated heterocycles. The topological polar surface area (TPSA) is 32.5 Å². The first kappa shape index (κ1) is 15.4. The Balaban J connectivity index is 1.95. The van der Waals surface area contributed by atoms with Crippen LogP contribution in [0.1, 0.15) is 24.4 Å². The molecule has 112 valence electrons. The first-order valence-corrected chi connectivity index (χ1v) is 7.06. The van der Waals surface area contributed by atoms with Crippen LogP contribution in [0.15, 0.2) is 18.2 Å². The maximum Gasteiger partial charge on any atom is 0.130 e. The van der Waals surface area contributed by atoms with Gasteiger partial charge in [0.05, 0.1) is 0 Å². The fourth-order valence-electron chi connectivity index (χ4n) is 2.80. The quantitative estimate of drug-likeness (QED) is 0.917. The van der Waals surface area contributed by atoms with Gasteiger partial charge in [-0.3, -0.25) is 0 Å². The third-order valence-corrected chi connectivity index (χ3v) is 4.16. The van der Waals surface area contributed by atoms with E-state index in [1.807, 2.05) is 7.05 Å². The highest BCUT2D eigenvalue weighted by Crippen LogP contribution is 2.20. The zero-order chi connectivity index (χ0) is 14.7. The highest BCUT2D eigenvalue weighted by atomic mass is 19.1. The first-order valence-electron chi connectivity index (χ1n) is 7.06. The van der Waals surface area contributed by atoms with Gasteiger partial charge in [-0.15, -0.1) is 0 Å². The van der Waals surface area contributed by atoms with Gasteiger partial charge in [0, 0.05) is 30.3 Å². The number of hydrogen-bond acceptors (Lipinski definition) is 3. The second kappa shape index (κ2) is 6.61. The number of benzene rings is 1. The Morgan fingerprint density at radius 2 is 2.00 bits per heavy atom. The third-order valence-electron chi connectivity index (χ3n) is 4.16. The molecule has 2 rings (SSSR count). The molecule has 0 bridgehead atoms. The van der Waals surface area contributed by atoms with E-state index >= 15 is 0 Å². The molecule has 3 nitrogen and oxygen atoms in total. The van der Waals surface area contributed by atoms with Crippen molar-refractivity contribution in [2.45, 2.75) is 24.9 Å². The van der Waals surface area contributed by atoms with Gasteiger partial charge >= 0.3 is 0 Å². The van der Waals surface area contributed by atoms with Gasteiger partial charge in [-0.1, -0.05) is 6.07 Å². The van der Waals surface area contributed by atoms with E-state index < -0.39 is 17.7 Å². The molecule has 0 aliphatic carbocycles. The molecule has 0 radical (unpaired) electrons. The molecule has 1 atom stereocenters. The highest BCUT2D eigenvalue weighted by Gasteiger charge is 2.23. The SMILES string of the molecule is CN1CCC(N(C)CC(N)c2ccc(F)cc2F)CC1. The lowest BCUT2D eigenvalue weighted by Gasteiger charge is -2.36. The van der Waals surface area contributed by atoms with Crippen molar-refractivity contribution in [3.05, 3.63) is 35.4 Å². The summed E-state index contributed by atoms with van der Waals surface area (Å²) in [5.41, 5.74) is 6.45. The Labute approximate surface area is 119 Å². The molecule has 1 aliphatic heterocycles. The summed E-state index contributed by atoms with van der Waals surface area (Å²) in [5.74, 6) is -1.13. The van der Waals surface area contributed by atoms with Gasteiger partial charge in [-0.25, -0.2) is 8.78 Å². The van der Waals surface area contributed by atoms with Crippen molar-refractivity contribution in [2.24, 2.45) is 5.73 Å². The lowest BCUT2D eigenvalue weighted by atomic mass is 10.0. The van der Waals surface area contributed by atoms with Gasteiger partial charge in [0.1, 0.15) is 11.6 Å². The Morgan fingerprint density at radius 3 is 2.60 bits per heavy atom. The van der Waals surface area contributed by atoms with E-state index in [-0.39, 0.29) is 0 Å². The van der Waals surface area contributed by atoms with Crippen molar-refractivity contribution in [2.75, 3.05) is 33.7 Å². The number of halogens is 2. The summed E-state index contributed by atoms with van der Waals surface area (Å²) in [6.07, 6.45) is 2.21. The van der Waals surface area contributed by atoms with Crippen LogP contribution in [0, 0.1) is 11.6 Å². The normalized spacial score (nSPS) is 19.5. The smallest absolute Gasteiger partial charge is 0.130 e. The molecular weight excluding hydrogens is 260 g/mol. The van der Waals surface area contributed by atoms with Crippen LogP contribution in [0.3, 0.4) is 0 Å². The van der Waals surface area contributed by atoms with Crippen molar-refractivity contribution in [1.82, 2.24) is 9.80 Å². The van der Waals surface area contributed by atoms with Crippen LogP contribution < -0.4 is 5.73 Å². The van der Waals surface area contributed by atoms with Crippen molar-refractivity contribution >= 4 is 0 Å². The monoisotopic (exact) mass is 283 g/mol. The summed E-state index contributed by atoms with van der Waals surface area (Å²) >= 11 is 0. The Morgan fingerprint density at radius 1 is 1.35 bits per heavy atom. The molecule has 0 aromatic heterocycles. The molecule has 0 spiro atoms. The Bertz CT molecular complexity index is 445. The van der Waals surface area contributed by atoms with Gasteiger partial charge in [-0.05, 0) is 46.1 Å². The first-order chi connectivity index (χ1) is 9.47. The molecule has 1 aromatic carbocycles. The minimum atomic E-state index is -0.567. The molecule has 1 aromatic rings. The lowest BCUT2D eigenvalue weighted by molar-refractivity contribution is 0.138. The Kier molecular flexibility index (Phi) is 5.07. The maximum atomic E-state index is 13.7. The van der Waals surface area contributed by atoms with Crippen molar-refractivity contribution < 1.29 is 8.78 Å². The summed E-state index contributed by atoms with van der Waals surface area (Å²) < 4.78 is 26.6. The molecule has 2 N–H and O–H groups in total. The molecule has 1 unspecified atom stereocenters. The number of rotatable bonds is 4. The van der Waals surface area contributed by atoms with Crippen LogP contribution in [-0.4, -0.2) is 49.6 Å². The summed E-state index contributed by atoms with van der Waals surface area (Å²) in [6, 6.07) is 3.65. The molecule has 1 fully saturated rings. The van der Waals surface area contributed by atoms with E-state index in [1.54, 1.807) is 0 Å². The van der Waals surface area contributed by atoms with E-state index in [9.17, 15) is 8.78 Å². The van der Waals surface area contributed by atoms with Gasteiger partial charge in [0.15, 0.2) is 0 Å². The van der Waals surface area contributed by atoms with Crippen LogP contribution in [0.5, 0.6) is 0 Å². The van der Waals surface area contributed by atoms with Crippen LogP contribution >= 0.6 is 0 Å². The van der Waals surface area contributed by atoms with E-state index in [1.165, 1.54) is 12.1 Å². The molecule has 5 heteroatoms. The van der Waals surface area contributed by atoms with Crippen molar-refractivity contribution in [1.29, 1.82) is 0 Å².